The van der Waals surface area contributed by atoms with Crippen LogP contribution in [0.3, 0.4) is 0 Å². The Hall–Kier alpha value is -1.50. The Morgan fingerprint density at radius 1 is 1.23 bits per heavy atom. The molecule has 7 heteroatoms. The third-order valence-corrected chi connectivity index (χ3v) is 6.08. The lowest BCUT2D eigenvalue weighted by Gasteiger charge is -2.24. The first kappa shape index (κ1) is 16.9. The molecule has 0 spiro atoms. The number of amides is 1. The maximum absolute atomic E-state index is 13.7. The molecule has 1 saturated carbocycles. The summed E-state index contributed by atoms with van der Waals surface area (Å²) in [7, 11) is -4.19. The number of hydrogen-bond donors (Lipinski definition) is 1. The van der Waals surface area contributed by atoms with Gasteiger partial charge in [0.15, 0.2) is 9.84 Å². The summed E-state index contributed by atoms with van der Waals surface area (Å²) in [5, 5.41) is 1.29. The standard InChI is InChI=1S/C15H19F2NO3S/c1-10(15(19)18-12-5-3-2-4-6-12)22(20,21)14-8-7-11(16)9-13(14)17/h7-10,12H,2-6H2,1H3,(H,18,19). The molecule has 1 aliphatic rings. The molecule has 4 nitrogen and oxygen atoms in total. The van der Waals surface area contributed by atoms with Gasteiger partial charge < -0.3 is 5.32 Å². The van der Waals surface area contributed by atoms with Crippen molar-refractivity contribution in [1.82, 2.24) is 5.32 Å². The van der Waals surface area contributed by atoms with E-state index in [-0.39, 0.29) is 6.04 Å². The lowest BCUT2D eigenvalue weighted by Crippen LogP contribution is -2.44. The highest BCUT2D eigenvalue weighted by molar-refractivity contribution is 7.92. The van der Waals surface area contributed by atoms with E-state index in [0.717, 1.165) is 44.2 Å². The van der Waals surface area contributed by atoms with Gasteiger partial charge in [0.25, 0.3) is 0 Å². The lowest BCUT2D eigenvalue weighted by atomic mass is 9.95. The van der Waals surface area contributed by atoms with Crippen molar-refractivity contribution in [3.63, 3.8) is 0 Å². The van der Waals surface area contributed by atoms with Crippen molar-refractivity contribution in [2.75, 3.05) is 0 Å². The number of benzene rings is 1. The van der Waals surface area contributed by atoms with E-state index in [0.29, 0.717) is 6.07 Å². The Bertz CT molecular complexity index is 655. The molecular weight excluding hydrogens is 312 g/mol. The smallest absolute Gasteiger partial charge is 0.238 e. The molecule has 1 atom stereocenters. The summed E-state index contributed by atoms with van der Waals surface area (Å²) >= 11 is 0. The van der Waals surface area contributed by atoms with E-state index in [1.54, 1.807) is 0 Å². The van der Waals surface area contributed by atoms with Crippen LogP contribution in [0.25, 0.3) is 0 Å². The highest BCUT2D eigenvalue weighted by Gasteiger charge is 2.33. The molecule has 0 aliphatic heterocycles. The monoisotopic (exact) mass is 331 g/mol. The summed E-state index contributed by atoms with van der Waals surface area (Å²) < 4.78 is 51.2. The SMILES string of the molecule is CC(C(=O)NC1CCCCC1)S(=O)(=O)c1ccc(F)cc1F. The van der Waals surface area contributed by atoms with Gasteiger partial charge in [-0.1, -0.05) is 19.3 Å². The second-order valence-corrected chi connectivity index (χ2v) is 7.84. The lowest BCUT2D eigenvalue weighted by molar-refractivity contribution is -0.121. The van der Waals surface area contributed by atoms with Gasteiger partial charge in [0, 0.05) is 12.1 Å². The number of sulfone groups is 1. The Balaban J connectivity index is 2.15. The molecule has 0 heterocycles. The van der Waals surface area contributed by atoms with E-state index < -0.39 is 37.5 Å². The van der Waals surface area contributed by atoms with Gasteiger partial charge >= 0.3 is 0 Å². The van der Waals surface area contributed by atoms with Crippen LogP contribution in [0.1, 0.15) is 39.0 Å². The van der Waals surface area contributed by atoms with Gasteiger partial charge in [-0.3, -0.25) is 4.79 Å². The van der Waals surface area contributed by atoms with Crippen LogP contribution in [0.5, 0.6) is 0 Å². The molecular formula is C15H19F2NO3S. The Kier molecular flexibility index (Phi) is 5.16. The molecule has 1 amide bonds. The Labute approximate surface area is 128 Å². The van der Waals surface area contributed by atoms with Crippen LogP contribution < -0.4 is 5.32 Å². The average molecular weight is 331 g/mol. The maximum Gasteiger partial charge on any atom is 0.238 e. The number of rotatable bonds is 4. The molecule has 1 aliphatic carbocycles. The van der Waals surface area contributed by atoms with Crippen molar-refractivity contribution >= 4 is 15.7 Å². The fraction of sp³-hybridized carbons (Fsp3) is 0.533. The van der Waals surface area contributed by atoms with Crippen molar-refractivity contribution in [2.24, 2.45) is 0 Å². The molecule has 0 bridgehead atoms. The summed E-state index contributed by atoms with van der Waals surface area (Å²) in [6.07, 6.45) is 4.76. The van der Waals surface area contributed by atoms with Gasteiger partial charge in [-0.15, -0.1) is 0 Å². The molecule has 22 heavy (non-hydrogen) atoms. The van der Waals surface area contributed by atoms with E-state index in [2.05, 4.69) is 5.32 Å². The molecule has 0 saturated heterocycles. The predicted octanol–water partition coefficient (Wildman–Crippen LogP) is 2.58. The highest BCUT2D eigenvalue weighted by atomic mass is 32.2. The van der Waals surface area contributed by atoms with E-state index in [4.69, 9.17) is 0 Å². The number of hydrogen-bond acceptors (Lipinski definition) is 3. The summed E-state index contributed by atoms with van der Waals surface area (Å²) in [6, 6.07) is 2.18. The molecule has 1 aromatic rings. The second kappa shape index (κ2) is 6.73. The fourth-order valence-electron chi connectivity index (χ4n) is 2.60. The largest absolute Gasteiger partial charge is 0.352 e. The molecule has 2 rings (SSSR count). The highest BCUT2D eigenvalue weighted by Crippen LogP contribution is 2.22. The maximum atomic E-state index is 13.7. The quantitative estimate of drug-likeness (QED) is 0.863. The van der Waals surface area contributed by atoms with Crippen LogP contribution in [-0.2, 0) is 14.6 Å². The third kappa shape index (κ3) is 3.63. The Morgan fingerprint density at radius 3 is 2.45 bits per heavy atom. The molecule has 1 aromatic carbocycles. The zero-order valence-electron chi connectivity index (χ0n) is 12.3. The van der Waals surface area contributed by atoms with Gasteiger partial charge in [0.2, 0.25) is 5.91 Å². The minimum Gasteiger partial charge on any atom is -0.352 e. The van der Waals surface area contributed by atoms with Crippen molar-refractivity contribution in [3.05, 3.63) is 29.8 Å². The van der Waals surface area contributed by atoms with Crippen LogP contribution in [0, 0.1) is 11.6 Å². The van der Waals surface area contributed by atoms with Gasteiger partial charge in [-0.2, -0.15) is 0 Å². The van der Waals surface area contributed by atoms with E-state index in [9.17, 15) is 22.0 Å². The number of carbonyl (C=O) groups excluding carboxylic acids is 1. The molecule has 0 aromatic heterocycles. The molecule has 1 unspecified atom stereocenters. The fourth-order valence-corrected chi connectivity index (χ4v) is 3.92. The topological polar surface area (TPSA) is 63.2 Å². The van der Waals surface area contributed by atoms with Crippen molar-refractivity contribution in [2.45, 2.75) is 55.2 Å². The zero-order chi connectivity index (χ0) is 16.3. The van der Waals surface area contributed by atoms with Crippen LogP contribution in [0.15, 0.2) is 23.1 Å². The van der Waals surface area contributed by atoms with Crippen LogP contribution in [-0.4, -0.2) is 25.6 Å². The predicted molar refractivity (Wildman–Crippen MR) is 78.0 cm³/mol. The summed E-state index contributed by atoms with van der Waals surface area (Å²) in [6.45, 7) is 1.22. The summed E-state index contributed by atoms with van der Waals surface area (Å²) in [5.41, 5.74) is 0. The van der Waals surface area contributed by atoms with E-state index >= 15 is 0 Å². The molecule has 1 fully saturated rings. The van der Waals surface area contributed by atoms with E-state index in [1.165, 1.54) is 6.92 Å². The van der Waals surface area contributed by atoms with Crippen LogP contribution in [0.2, 0.25) is 0 Å². The summed E-state index contributed by atoms with van der Waals surface area (Å²) in [5.74, 6) is -2.69. The molecule has 0 radical (unpaired) electrons. The van der Waals surface area contributed by atoms with Crippen molar-refractivity contribution < 1.29 is 22.0 Å². The molecule has 122 valence electrons. The third-order valence-electron chi connectivity index (χ3n) is 3.99. The minimum absolute atomic E-state index is 0.0306. The minimum atomic E-state index is -4.19. The normalized spacial score (nSPS) is 18.0. The summed E-state index contributed by atoms with van der Waals surface area (Å²) in [4.78, 5) is 11.5. The van der Waals surface area contributed by atoms with Gasteiger partial charge in [0.1, 0.15) is 21.8 Å². The number of carbonyl (C=O) groups is 1. The number of halogens is 2. The molecule has 1 N–H and O–H groups in total. The van der Waals surface area contributed by atoms with Crippen LogP contribution in [0.4, 0.5) is 8.78 Å². The first-order valence-corrected chi connectivity index (χ1v) is 8.86. The Morgan fingerprint density at radius 2 is 1.86 bits per heavy atom. The number of nitrogens with one attached hydrogen (secondary N) is 1. The van der Waals surface area contributed by atoms with Gasteiger partial charge in [0.05, 0.1) is 0 Å². The van der Waals surface area contributed by atoms with Crippen LogP contribution >= 0.6 is 0 Å². The average Bonchev–Trinajstić information content (AvgIpc) is 2.47. The first-order valence-electron chi connectivity index (χ1n) is 7.31. The van der Waals surface area contributed by atoms with E-state index in [1.807, 2.05) is 0 Å². The second-order valence-electron chi connectivity index (χ2n) is 5.61. The van der Waals surface area contributed by atoms with Gasteiger partial charge in [-0.05, 0) is 31.9 Å². The van der Waals surface area contributed by atoms with Gasteiger partial charge in [-0.25, -0.2) is 17.2 Å². The van der Waals surface area contributed by atoms with Crippen molar-refractivity contribution in [1.29, 1.82) is 0 Å². The first-order chi connectivity index (χ1) is 10.3. The van der Waals surface area contributed by atoms with Crippen molar-refractivity contribution in [3.8, 4) is 0 Å². The zero-order valence-corrected chi connectivity index (χ0v) is 13.1.